The van der Waals surface area contributed by atoms with Crippen LogP contribution in [0.4, 0.5) is 0 Å². The summed E-state index contributed by atoms with van der Waals surface area (Å²) in [5.74, 6) is 1.93. The van der Waals surface area contributed by atoms with Gasteiger partial charge in [-0.2, -0.15) is 0 Å². The zero-order chi connectivity index (χ0) is 12.0. The van der Waals surface area contributed by atoms with Crippen molar-refractivity contribution in [2.45, 2.75) is 38.5 Å². The minimum Gasteiger partial charge on any atom is -0.294 e. The summed E-state index contributed by atoms with van der Waals surface area (Å²) in [6.45, 7) is 6.43. The molecule has 0 saturated heterocycles. The van der Waals surface area contributed by atoms with Gasteiger partial charge in [0.15, 0.2) is 5.78 Å². The number of rotatable bonds is 6. The number of hydrogen-bond donors (Lipinski definition) is 0. The van der Waals surface area contributed by atoms with E-state index in [1.54, 1.807) is 11.8 Å². The molecular formula is C14H20OS. The third-order valence-electron chi connectivity index (χ3n) is 2.44. The van der Waals surface area contributed by atoms with E-state index in [0.29, 0.717) is 12.3 Å². The van der Waals surface area contributed by atoms with Gasteiger partial charge in [0.25, 0.3) is 0 Å². The highest BCUT2D eigenvalue weighted by molar-refractivity contribution is 7.99. The van der Waals surface area contributed by atoms with Crippen LogP contribution < -0.4 is 0 Å². The van der Waals surface area contributed by atoms with Crippen LogP contribution in [0.15, 0.2) is 29.2 Å². The van der Waals surface area contributed by atoms with Gasteiger partial charge in [-0.25, -0.2) is 0 Å². The second-order valence-electron chi connectivity index (χ2n) is 4.31. The molecule has 0 atom stereocenters. The summed E-state index contributed by atoms with van der Waals surface area (Å²) >= 11 is 1.80. The number of Topliss-reactive ketones (excluding diaryl/α,β-unsaturated/α-hetero) is 1. The molecule has 0 radical (unpaired) electrons. The molecule has 1 aromatic rings. The monoisotopic (exact) mass is 236 g/mol. The normalized spacial score (nSPS) is 10.8. The molecule has 0 aliphatic rings. The first-order chi connectivity index (χ1) is 7.63. The quantitative estimate of drug-likeness (QED) is 0.537. The summed E-state index contributed by atoms with van der Waals surface area (Å²) in [4.78, 5) is 13.1. The van der Waals surface area contributed by atoms with Crippen molar-refractivity contribution < 1.29 is 4.79 Å². The second-order valence-corrected chi connectivity index (χ2v) is 5.65. The fourth-order valence-electron chi connectivity index (χ4n) is 1.47. The predicted molar refractivity (Wildman–Crippen MR) is 71.2 cm³/mol. The molecule has 0 saturated carbocycles. The third-order valence-corrected chi connectivity index (χ3v) is 3.33. The van der Waals surface area contributed by atoms with Crippen molar-refractivity contribution in [3.05, 3.63) is 29.8 Å². The largest absolute Gasteiger partial charge is 0.294 e. The van der Waals surface area contributed by atoms with Crippen LogP contribution in [-0.4, -0.2) is 11.5 Å². The van der Waals surface area contributed by atoms with E-state index in [4.69, 9.17) is 0 Å². The standard InChI is InChI=1S/C14H20OS/c1-4-16-13-8-6-12(7-9-13)14(15)10-5-11(2)3/h6-9,11H,4-5,10H2,1-3H3. The van der Waals surface area contributed by atoms with E-state index in [0.717, 1.165) is 17.7 Å². The van der Waals surface area contributed by atoms with Gasteiger partial charge in [-0.1, -0.05) is 32.9 Å². The topological polar surface area (TPSA) is 17.1 Å². The molecule has 0 heterocycles. The minimum atomic E-state index is 0.266. The lowest BCUT2D eigenvalue weighted by atomic mass is 10.0. The Kier molecular flexibility index (Phi) is 5.61. The molecule has 0 unspecified atom stereocenters. The Morgan fingerprint density at radius 2 is 1.88 bits per heavy atom. The van der Waals surface area contributed by atoms with Crippen LogP contribution >= 0.6 is 11.8 Å². The highest BCUT2D eigenvalue weighted by Crippen LogP contribution is 2.19. The Labute approximate surface area is 103 Å². The smallest absolute Gasteiger partial charge is 0.162 e. The first-order valence-corrected chi connectivity index (χ1v) is 6.88. The lowest BCUT2D eigenvalue weighted by Crippen LogP contribution is -2.01. The average molecular weight is 236 g/mol. The molecule has 0 spiro atoms. The van der Waals surface area contributed by atoms with Crippen molar-refractivity contribution >= 4 is 17.5 Å². The third kappa shape index (κ3) is 4.40. The first kappa shape index (κ1) is 13.3. The number of carbonyl (C=O) groups is 1. The fourth-order valence-corrected chi connectivity index (χ4v) is 2.13. The Morgan fingerprint density at radius 3 is 2.38 bits per heavy atom. The molecule has 0 N–H and O–H groups in total. The molecule has 2 heteroatoms. The summed E-state index contributed by atoms with van der Waals surface area (Å²) in [6, 6.07) is 7.97. The Morgan fingerprint density at radius 1 is 1.25 bits per heavy atom. The van der Waals surface area contributed by atoms with Gasteiger partial charge in [0, 0.05) is 16.9 Å². The van der Waals surface area contributed by atoms with E-state index in [2.05, 4.69) is 20.8 Å². The maximum Gasteiger partial charge on any atom is 0.162 e. The van der Waals surface area contributed by atoms with Gasteiger partial charge in [-0.05, 0) is 30.2 Å². The minimum absolute atomic E-state index is 0.266. The van der Waals surface area contributed by atoms with Gasteiger partial charge < -0.3 is 0 Å². The van der Waals surface area contributed by atoms with Crippen molar-refractivity contribution in [1.82, 2.24) is 0 Å². The van der Waals surface area contributed by atoms with E-state index in [-0.39, 0.29) is 5.78 Å². The fraction of sp³-hybridized carbons (Fsp3) is 0.500. The van der Waals surface area contributed by atoms with Crippen LogP contribution in [0, 0.1) is 5.92 Å². The van der Waals surface area contributed by atoms with Crippen LogP contribution in [-0.2, 0) is 0 Å². The molecular weight excluding hydrogens is 216 g/mol. The molecule has 1 nitrogen and oxygen atoms in total. The first-order valence-electron chi connectivity index (χ1n) is 5.89. The lowest BCUT2D eigenvalue weighted by molar-refractivity contribution is 0.0975. The van der Waals surface area contributed by atoms with E-state index in [1.807, 2.05) is 24.3 Å². The number of thioether (sulfide) groups is 1. The molecule has 0 bridgehead atoms. The summed E-state index contributed by atoms with van der Waals surface area (Å²) in [7, 11) is 0. The van der Waals surface area contributed by atoms with Crippen LogP contribution in [0.2, 0.25) is 0 Å². The van der Waals surface area contributed by atoms with Crippen LogP contribution in [0.25, 0.3) is 0 Å². The van der Waals surface area contributed by atoms with Crippen molar-refractivity contribution in [3.8, 4) is 0 Å². The predicted octanol–water partition coefficient (Wildman–Crippen LogP) is 4.42. The average Bonchev–Trinajstić information content (AvgIpc) is 2.27. The maximum atomic E-state index is 11.8. The molecule has 16 heavy (non-hydrogen) atoms. The molecule has 1 aromatic carbocycles. The lowest BCUT2D eigenvalue weighted by Gasteiger charge is -2.04. The van der Waals surface area contributed by atoms with Crippen LogP contribution in [0.3, 0.4) is 0 Å². The van der Waals surface area contributed by atoms with Gasteiger partial charge in [-0.3, -0.25) is 4.79 Å². The summed E-state index contributed by atoms with van der Waals surface area (Å²) in [6.07, 6.45) is 1.64. The highest BCUT2D eigenvalue weighted by atomic mass is 32.2. The van der Waals surface area contributed by atoms with Gasteiger partial charge in [-0.15, -0.1) is 11.8 Å². The molecule has 0 aromatic heterocycles. The van der Waals surface area contributed by atoms with Crippen LogP contribution in [0.1, 0.15) is 44.0 Å². The number of carbonyl (C=O) groups excluding carboxylic acids is 1. The zero-order valence-electron chi connectivity index (χ0n) is 10.3. The Balaban J connectivity index is 2.56. The second kappa shape index (κ2) is 6.74. The molecule has 0 aliphatic carbocycles. The van der Waals surface area contributed by atoms with Gasteiger partial charge in [0.05, 0.1) is 0 Å². The number of ketones is 1. The van der Waals surface area contributed by atoms with Crippen LogP contribution in [0.5, 0.6) is 0 Å². The van der Waals surface area contributed by atoms with E-state index in [1.165, 1.54) is 4.90 Å². The molecule has 1 rings (SSSR count). The van der Waals surface area contributed by atoms with Crippen molar-refractivity contribution in [2.75, 3.05) is 5.75 Å². The summed E-state index contributed by atoms with van der Waals surface area (Å²) in [5.41, 5.74) is 0.848. The highest BCUT2D eigenvalue weighted by Gasteiger charge is 2.06. The van der Waals surface area contributed by atoms with Gasteiger partial charge in [0.2, 0.25) is 0 Å². The van der Waals surface area contributed by atoms with E-state index < -0.39 is 0 Å². The molecule has 88 valence electrons. The van der Waals surface area contributed by atoms with Crippen molar-refractivity contribution in [1.29, 1.82) is 0 Å². The summed E-state index contributed by atoms with van der Waals surface area (Å²) in [5, 5.41) is 0. The zero-order valence-corrected chi connectivity index (χ0v) is 11.1. The van der Waals surface area contributed by atoms with Crippen molar-refractivity contribution in [3.63, 3.8) is 0 Å². The number of benzene rings is 1. The van der Waals surface area contributed by atoms with E-state index >= 15 is 0 Å². The van der Waals surface area contributed by atoms with E-state index in [9.17, 15) is 4.79 Å². The van der Waals surface area contributed by atoms with Gasteiger partial charge in [0.1, 0.15) is 0 Å². The maximum absolute atomic E-state index is 11.8. The number of hydrogen-bond acceptors (Lipinski definition) is 2. The van der Waals surface area contributed by atoms with Gasteiger partial charge >= 0.3 is 0 Å². The summed E-state index contributed by atoms with van der Waals surface area (Å²) < 4.78 is 0. The SMILES string of the molecule is CCSc1ccc(C(=O)CCC(C)C)cc1. The Bertz CT molecular complexity index is 327. The molecule has 0 aliphatic heterocycles. The Hall–Kier alpha value is -0.760. The van der Waals surface area contributed by atoms with Crippen molar-refractivity contribution in [2.24, 2.45) is 5.92 Å². The molecule has 0 fully saturated rings. The molecule has 0 amide bonds.